The third-order valence-corrected chi connectivity index (χ3v) is 9.61. The normalized spacial score (nSPS) is 10.6. The minimum Gasteiger partial charge on any atom is -0.454 e. The van der Waals surface area contributed by atoms with E-state index < -0.39 is 0 Å². The second-order valence-corrected chi connectivity index (χ2v) is 13.6. The Balaban J connectivity index is 0.000000144. The van der Waals surface area contributed by atoms with E-state index in [1.165, 1.54) is 49.9 Å². The summed E-state index contributed by atoms with van der Waals surface area (Å²) in [6.07, 6.45) is 0. The largest absolute Gasteiger partial charge is 0.454 e. The fourth-order valence-corrected chi connectivity index (χ4v) is 6.79. The first-order valence-electron chi connectivity index (χ1n) is 18.5. The first-order chi connectivity index (χ1) is 26.5. The third-order valence-electron chi connectivity index (χ3n) is 9.61. The molecule has 0 fully saturated rings. The Morgan fingerprint density at radius 1 is 0.370 bits per heavy atom. The van der Waals surface area contributed by atoms with Crippen molar-refractivity contribution in [1.29, 1.82) is 0 Å². The van der Waals surface area contributed by atoms with Gasteiger partial charge in [0.1, 0.15) is 5.58 Å². The fourth-order valence-electron chi connectivity index (χ4n) is 6.79. The maximum absolute atomic E-state index is 6.39. The van der Waals surface area contributed by atoms with Crippen LogP contribution < -0.4 is 4.90 Å². The molecule has 1 aromatic heterocycles. The molecule has 0 N–H and O–H groups in total. The number of rotatable bonds is 5. The number of para-hydroxylation sites is 3. The van der Waals surface area contributed by atoms with Crippen LogP contribution in [0.25, 0.3) is 44.2 Å². The summed E-state index contributed by atoms with van der Waals surface area (Å²) in [6.45, 7) is 8.52. The van der Waals surface area contributed by atoms with Crippen molar-refractivity contribution in [2.24, 2.45) is 0 Å². The molecule has 8 aromatic carbocycles. The molecule has 264 valence electrons. The number of hydrogen-bond acceptors (Lipinski definition) is 2. The summed E-state index contributed by atoms with van der Waals surface area (Å²) in [5, 5.41) is 2.34. The van der Waals surface area contributed by atoms with Crippen LogP contribution in [-0.2, 0) is 0 Å². The van der Waals surface area contributed by atoms with Crippen molar-refractivity contribution in [1.82, 2.24) is 0 Å². The lowest BCUT2D eigenvalue weighted by Gasteiger charge is -2.27. The van der Waals surface area contributed by atoms with Crippen molar-refractivity contribution in [3.63, 3.8) is 0 Å². The molecular formula is C52H45NO. The van der Waals surface area contributed by atoms with E-state index in [0.717, 1.165) is 33.6 Å². The summed E-state index contributed by atoms with van der Waals surface area (Å²) in [6, 6.07) is 69.6. The molecular weight excluding hydrogens is 655 g/mol. The van der Waals surface area contributed by atoms with Gasteiger partial charge in [-0.3, -0.25) is 0 Å². The van der Waals surface area contributed by atoms with Gasteiger partial charge in [0.15, 0.2) is 5.58 Å². The van der Waals surface area contributed by atoms with Crippen molar-refractivity contribution >= 4 is 39.0 Å². The Morgan fingerprint density at radius 3 is 1.59 bits per heavy atom. The van der Waals surface area contributed by atoms with E-state index >= 15 is 0 Å². The second kappa shape index (κ2) is 16.8. The summed E-state index contributed by atoms with van der Waals surface area (Å²) in [4.78, 5) is 2.29. The van der Waals surface area contributed by atoms with E-state index in [9.17, 15) is 0 Å². The molecule has 0 radical (unpaired) electrons. The average Bonchev–Trinajstić information content (AvgIpc) is 3.62. The van der Waals surface area contributed by atoms with Gasteiger partial charge in [0.25, 0.3) is 0 Å². The first-order valence-corrected chi connectivity index (χ1v) is 18.5. The SMILES string of the molecule is Cc1ccc(-c2ccccc2)cc1.Cc1cccc(-c2ccccc2)c1.Cc1ccccc1N(c1ccccc1)c1ccc(C)c2c1oc1ccccc12. The quantitative estimate of drug-likeness (QED) is 0.178. The van der Waals surface area contributed by atoms with Crippen LogP contribution in [0.1, 0.15) is 22.3 Å². The fraction of sp³-hybridized carbons (Fsp3) is 0.0769. The summed E-state index contributed by atoms with van der Waals surface area (Å²) in [5.41, 5.74) is 15.4. The van der Waals surface area contributed by atoms with Crippen LogP contribution >= 0.6 is 0 Å². The summed E-state index contributed by atoms with van der Waals surface area (Å²) < 4.78 is 6.39. The molecule has 2 heteroatoms. The van der Waals surface area contributed by atoms with Gasteiger partial charge >= 0.3 is 0 Å². The zero-order valence-electron chi connectivity index (χ0n) is 31.4. The van der Waals surface area contributed by atoms with Crippen molar-refractivity contribution < 1.29 is 4.42 Å². The third kappa shape index (κ3) is 8.20. The van der Waals surface area contributed by atoms with Crippen LogP contribution in [0.3, 0.4) is 0 Å². The number of nitrogens with zero attached hydrogens (tertiary/aromatic N) is 1. The highest BCUT2D eigenvalue weighted by atomic mass is 16.3. The lowest BCUT2D eigenvalue weighted by molar-refractivity contribution is 0.669. The molecule has 0 aliphatic carbocycles. The Hall–Kier alpha value is -6.64. The van der Waals surface area contributed by atoms with Crippen LogP contribution in [0.15, 0.2) is 205 Å². The van der Waals surface area contributed by atoms with Gasteiger partial charge < -0.3 is 9.32 Å². The number of hydrogen-bond donors (Lipinski definition) is 0. The Bertz CT molecular complexity index is 2570. The average molecular weight is 700 g/mol. The number of aryl methyl sites for hydroxylation is 4. The highest BCUT2D eigenvalue weighted by Gasteiger charge is 2.21. The van der Waals surface area contributed by atoms with Gasteiger partial charge in [-0.2, -0.15) is 0 Å². The van der Waals surface area contributed by atoms with Crippen molar-refractivity contribution in [2.75, 3.05) is 4.90 Å². The van der Waals surface area contributed by atoms with Crippen LogP contribution in [0, 0.1) is 27.7 Å². The molecule has 9 rings (SSSR count). The van der Waals surface area contributed by atoms with Gasteiger partial charge in [-0.05, 0) is 91.4 Å². The molecule has 0 atom stereocenters. The molecule has 0 bridgehead atoms. The molecule has 2 nitrogen and oxygen atoms in total. The summed E-state index contributed by atoms with van der Waals surface area (Å²) >= 11 is 0. The minimum absolute atomic E-state index is 0.922. The van der Waals surface area contributed by atoms with E-state index in [-0.39, 0.29) is 0 Å². The Kier molecular flexibility index (Phi) is 11.1. The molecule has 1 heterocycles. The predicted molar refractivity (Wildman–Crippen MR) is 231 cm³/mol. The number of anilines is 3. The highest BCUT2D eigenvalue weighted by molar-refractivity contribution is 6.11. The molecule has 54 heavy (non-hydrogen) atoms. The van der Waals surface area contributed by atoms with E-state index in [1.54, 1.807) is 0 Å². The lowest BCUT2D eigenvalue weighted by Crippen LogP contribution is -2.11. The summed E-state index contributed by atoms with van der Waals surface area (Å²) in [5.74, 6) is 0. The second-order valence-electron chi connectivity index (χ2n) is 13.6. The van der Waals surface area contributed by atoms with Crippen LogP contribution in [0.5, 0.6) is 0 Å². The van der Waals surface area contributed by atoms with Gasteiger partial charge in [0, 0.05) is 22.1 Å². The topological polar surface area (TPSA) is 16.4 Å². The van der Waals surface area contributed by atoms with Crippen molar-refractivity contribution in [3.8, 4) is 22.3 Å². The maximum atomic E-state index is 6.39. The number of fused-ring (bicyclic) bond motifs is 3. The van der Waals surface area contributed by atoms with Crippen LogP contribution in [0.4, 0.5) is 17.1 Å². The molecule has 0 spiro atoms. The lowest BCUT2D eigenvalue weighted by atomic mass is 10.0. The standard InChI is InChI=1S/C26H21NO.2C13H12/c1-18-10-6-8-14-22(18)27(20-11-4-3-5-12-20)23-17-16-19(2)25-21-13-7-9-15-24(21)28-26(23)25;1-11-6-5-9-13(10-11)12-7-3-2-4-8-12;1-11-7-9-13(10-8-11)12-5-3-2-4-6-12/h3-17H,1-2H3;2*2-10H,1H3. The highest BCUT2D eigenvalue weighted by Crippen LogP contribution is 2.43. The van der Waals surface area contributed by atoms with Crippen molar-refractivity contribution in [2.45, 2.75) is 27.7 Å². The van der Waals surface area contributed by atoms with Gasteiger partial charge in [-0.15, -0.1) is 0 Å². The van der Waals surface area contributed by atoms with E-state index in [4.69, 9.17) is 4.42 Å². The molecule has 9 aromatic rings. The molecule has 0 aliphatic rings. The Labute approximate surface area is 319 Å². The smallest absolute Gasteiger partial charge is 0.159 e. The summed E-state index contributed by atoms with van der Waals surface area (Å²) in [7, 11) is 0. The monoisotopic (exact) mass is 699 g/mol. The van der Waals surface area contributed by atoms with Gasteiger partial charge in [0.2, 0.25) is 0 Å². The molecule has 0 amide bonds. The molecule has 0 unspecified atom stereocenters. The van der Waals surface area contributed by atoms with Gasteiger partial charge in [-0.25, -0.2) is 0 Å². The van der Waals surface area contributed by atoms with E-state index in [1.807, 2.05) is 30.3 Å². The Morgan fingerprint density at radius 2 is 0.926 bits per heavy atom. The zero-order chi connectivity index (χ0) is 37.3. The number of furan rings is 1. The number of benzene rings is 8. The first kappa shape index (κ1) is 35.7. The molecule has 0 saturated heterocycles. The minimum atomic E-state index is 0.922. The van der Waals surface area contributed by atoms with Crippen LogP contribution in [-0.4, -0.2) is 0 Å². The maximum Gasteiger partial charge on any atom is 0.159 e. The molecule has 0 aliphatic heterocycles. The van der Waals surface area contributed by atoms with E-state index in [2.05, 4.69) is 202 Å². The van der Waals surface area contributed by atoms with Gasteiger partial charge in [-0.1, -0.05) is 181 Å². The predicted octanol–water partition coefficient (Wildman–Crippen LogP) is 15.0. The molecule has 0 saturated carbocycles. The van der Waals surface area contributed by atoms with Crippen molar-refractivity contribution in [3.05, 3.63) is 222 Å². The van der Waals surface area contributed by atoms with E-state index in [0.29, 0.717) is 0 Å². The van der Waals surface area contributed by atoms with Gasteiger partial charge in [0.05, 0.1) is 5.69 Å². The van der Waals surface area contributed by atoms with Crippen LogP contribution in [0.2, 0.25) is 0 Å². The zero-order valence-corrected chi connectivity index (χ0v) is 31.4.